The van der Waals surface area contributed by atoms with Crippen molar-refractivity contribution < 1.29 is 28.6 Å². The van der Waals surface area contributed by atoms with Crippen molar-refractivity contribution in [2.45, 2.75) is 25.9 Å². The molecule has 0 aliphatic heterocycles. The highest BCUT2D eigenvalue weighted by atomic mass is 16.5. The summed E-state index contributed by atoms with van der Waals surface area (Å²) >= 11 is 0. The fourth-order valence-corrected chi connectivity index (χ4v) is 1.76. The number of carbonyl (C=O) groups is 3. The number of amides is 2. The predicted molar refractivity (Wildman–Crippen MR) is 76.2 cm³/mol. The molecule has 1 rings (SSSR count). The minimum Gasteiger partial charge on any atom is -0.480 e. The number of carbonyl (C=O) groups excluding carboxylic acids is 2. The van der Waals surface area contributed by atoms with Gasteiger partial charge in [-0.1, -0.05) is 13.8 Å². The largest absolute Gasteiger partial charge is 0.480 e. The summed E-state index contributed by atoms with van der Waals surface area (Å²) in [5.41, 5.74) is 0. The van der Waals surface area contributed by atoms with Crippen LogP contribution in [0.2, 0.25) is 0 Å². The van der Waals surface area contributed by atoms with Crippen LogP contribution in [-0.2, 0) is 14.3 Å². The standard InChI is InChI=1S/C14H20N2O6/c1-8(2)11(16-12(17)10-5-4-6-22-10)13(18)15-9(7-21-3)14(19)20/h4-6,8-9,11H,7H2,1-3H3,(H,15,18)(H,16,17)(H,19,20). The summed E-state index contributed by atoms with van der Waals surface area (Å²) in [7, 11) is 1.33. The molecule has 2 amide bonds. The van der Waals surface area contributed by atoms with Crippen LogP contribution in [0.1, 0.15) is 24.4 Å². The van der Waals surface area contributed by atoms with Crippen molar-refractivity contribution >= 4 is 17.8 Å². The first kappa shape index (κ1) is 17.7. The molecule has 0 aliphatic rings. The second-order valence-corrected chi connectivity index (χ2v) is 5.03. The predicted octanol–water partition coefficient (Wildman–Crippen LogP) is 0.250. The number of rotatable bonds is 8. The Bertz CT molecular complexity index is 511. The van der Waals surface area contributed by atoms with Gasteiger partial charge in [0.25, 0.3) is 5.91 Å². The fourth-order valence-electron chi connectivity index (χ4n) is 1.76. The molecule has 0 saturated carbocycles. The van der Waals surface area contributed by atoms with Crippen LogP contribution in [0.25, 0.3) is 0 Å². The van der Waals surface area contributed by atoms with Gasteiger partial charge in [-0.3, -0.25) is 9.59 Å². The fraction of sp³-hybridized carbons (Fsp3) is 0.500. The van der Waals surface area contributed by atoms with Gasteiger partial charge in [-0.05, 0) is 18.1 Å². The van der Waals surface area contributed by atoms with Crippen molar-refractivity contribution in [3.05, 3.63) is 24.2 Å². The summed E-state index contributed by atoms with van der Waals surface area (Å²) in [6, 6.07) is 0.948. The molecule has 0 bridgehead atoms. The second kappa shape index (κ2) is 8.18. The van der Waals surface area contributed by atoms with Gasteiger partial charge in [0.05, 0.1) is 12.9 Å². The SMILES string of the molecule is COCC(NC(=O)C(NC(=O)c1ccco1)C(C)C)C(=O)O. The minimum absolute atomic E-state index is 0.0742. The molecular formula is C14H20N2O6. The van der Waals surface area contributed by atoms with Crippen molar-refractivity contribution in [1.29, 1.82) is 0 Å². The number of carboxylic acids is 1. The molecule has 1 aromatic rings. The van der Waals surface area contributed by atoms with Gasteiger partial charge >= 0.3 is 5.97 Å². The molecule has 3 N–H and O–H groups in total. The molecule has 1 aromatic heterocycles. The van der Waals surface area contributed by atoms with Crippen LogP contribution >= 0.6 is 0 Å². The maximum absolute atomic E-state index is 12.2. The van der Waals surface area contributed by atoms with E-state index in [4.69, 9.17) is 14.3 Å². The lowest BCUT2D eigenvalue weighted by Crippen LogP contribution is -2.54. The Labute approximate surface area is 127 Å². The molecule has 22 heavy (non-hydrogen) atoms. The smallest absolute Gasteiger partial charge is 0.328 e. The van der Waals surface area contributed by atoms with E-state index in [0.717, 1.165) is 0 Å². The lowest BCUT2D eigenvalue weighted by Gasteiger charge is -2.23. The van der Waals surface area contributed by atoms with Crippen LogP contribution in [0, 0.1) is 5.92 Å². The van der Waals surface area contributed by atoms with E-state index in [1.165, 1.54) is 19.4 Å². The van der Waals surface area contributed by atoms with Crippen LogP contribution in [0.15, 0.2) is 22.8 Å². The van der Waals surface area contributed by atoms with Crippen molar-refractivity contribution in [3.63, 3.8) is 0 Å². The van der Waals surface area contributed by atoms with Gasteiger partial charge < -0.3 is 24.9 Å². The van der Waals surface area contributed by atoms with Crippen molar-refractivity contribution in [1.82, 2.24) is 10.6 Å². The Hall–Kier alpha value is -2.35. The summed E-state index contributed by atoms with van der Waals surface area (Å²) in [6.07, 6.45) is 1.35. The average Bonchev–Trinajstić information content (AvgIpc) is 2.97. The summed E-state index contributed by atoms with van der Waals surface area (Å²) in [4.78, 5) is 35.2. The van der Waals surface area contributed by atoms with E-state index in [1.807, 2.05) is 0 Å². The molecule has 2 atom stereocenters. The molecule has 0 fully saturated rings. The summed E-state index contributed by atoms with van der Waals surface area (Å²) in [6.45, 7) is 3.30. The van der Waals surface area contributed by atoms with Crippen LogP contribution in [0.3, 0.4) is 0 Å². The zero-order valence-electron chi connectivity index (χ0n) is 12.7. The van der Waals surface area contributed by atoms with Crippen LogP contribution in [-0.4, -0.2) is 48.7 Å². The first-order valence-corrected chi connectivity index (χ1v) is 6.73. The highest BCUT2D eigenvalue weighted by Crippen LogP contribution is 2.06. The normalized spacial score (nSPS) is 13.5. The van der Waals surface area contributed by atoms with Gasteiger partial charge in [0.1, 0.15) is 6.04 Å². The number of hydrogen-bond donors (Lipinski definition) is 3. The van der Waals surface area contributed by atoms with Crippen molar-refractivity contribution in [2.75, 3.05) is 13.7 Å². The van der Waals surface area contributed by atoms with Gasteiger partial charge in [-0.2, -0.15) is 0 Å². The number of aliphatic carboxylic acids is 1. The maximum Gasteiger partial charge on any atom is 0.328 e. The van der Waals surface area contributed by atoms with E-state index in [2.05, 4.69) is 10.6 Å². The second-order valence-electron chi connectivity index (χ2n) is 5.03. The van der Waals surface area contributed by atoms with Gasteiger partial charge in [0, 0.05) is 7.11 Å². The molecule has 0 radical (unpaired) electrons. The molecule has 0 aromatic carbocycles. The Morgan fingerprint density at radius 1 is 1.32 bits per heavy atom. The van der Waals surface area contributed by atoms with Gasteiger partial charge in [0.2, 0.25) is 5.91 Å². The Balaban J connectivity index is 2.75. The van der Waals surface area contributed by atoms with E-state index in [0.29, 0.717) is 0 Å². The summed E-state index contributed by atoms with van der Waals surface area (Å²) in [5.74, 6) is -2.52. The monoisotopic (exact) mass is 312 g/mol. The zero-order valence-corrected chi connectivity index (χ0v) is 12.7. The lowest BCUT2D eigenvalue weighted by atomic mass is 10.0. The number of furan rings is 1. The summed E-state index contributed by atoms with van der Waals surface area (Å²) < 4.78 is 9.70. The first-order chi connectivity index (χ1) is 10.4. The number of carboxylic acid groups (broad SMARTS) is 1. The molecule has 0 spiro atoms. The van der Waals surface area contributed by atoms with E-state index in [9.17, 15) is 14.4 Å². The molecule has 122 valence electrons. The lowest BCUT2D eigenvalue weighted by molar-refractivity contribution is -0.143. The third kappa shape index (κ3) is 4.88. The number of ether oxygens (including phenoxy) is 1. The Kier molecular flexibility index (Phi) is 6.58. The topological polar surface area (TPSA) is 118 Å². The van der Waals surface area contributed by atoms with E-state index < -0.39 is 29.9 Å². The molecular weight excluding hydrogens is 292 g/mol. The molecule has 1 heterocycles. The van der Waals surface area contributed by atoms with Crippen molar-refractivity contribution in [3.8, 4) is 0 Å². The number of hydrogen-bond acceptors (Lipinski definition) is 5. The minimum atomic E-state index is -1.21. The van der Waals surface area contributed by atoms with E-state index in [-0.39, 0.29) is 18.3 Å². The van der Waals surface area contributed by atoms with Gasteiger partial charge in [-0.15, -0.1) is 0 Å². The zero-order chi connectivity index (χ0) is 16.7. The van der Waals surface area contributed by atoms with E-state index in [1.54, 1.807) is 19.9 Å². The maximum atomic E-state index is 12.2. The third-order valence-corrected chi connectivity index (χ3v) is 2.93. The Morgan fingerprint density at radius 3 is 2.45 bits per heavy atom. The molecule has 0 saturated heterocycles. The quantitative estimate of drug-likeness (QED) is 0.633. The summed E-state index contributed by atoms with van der Waals surface area (Å²) in [5, 5.41) is 13.9. The number of methoxy groups -OCH3 is 1. The van der Waals surface area contributed by atoms with Crippen LogP contribution < -0.4 is 10.6 Å². The molecule has 2 unspecified atom stereocenters. The van der Waals surface area contributed by atoms with Crippen LogP contribution in [0.5, 0.6) is 0 Å². The van der Waals surface area contributed by atoms with Gasteiger partial charge in [-0.25, -0.2) is 4.79 Å². The highest BCUT2D eigenvalue weighted by Gasteiger charge is 2.29. The average molecular weight is 312 g/mol. The molecule has 0 aliphatic carbocycles. The van der Waals surface area contributed by atoms with Gasteiger partial charge in [0.15, 0.2) is 11.8 Å². The third-order valence-electron chi connectivity index (χ3n) is 2.93. The number of nitrogens with one attached hydrogen (secondary N) is 2. The molecule has 8 heteroatoms. The van der Waals surface area contributed by atoms with Crippen molar-refractivity contribution in [2.24, 2.45) is 5.92 Å². The van der Waals surface area contributed by atoms with E-state index >= 15 is 0 Å². The van der Waals surface area contributed by atoms with Crippen LogP contribution in [0.4, 0.5) is 0 Å². The Morgan fingerprint density at radius 2 is 2.00 bits per heavy atom. The highest BCUT2D eigenvalue weighted by molar-refractivity contribution is 5.96. The molecule has 8 nitrogen and oxygen atoms in total. The first-order valence-electron chi connectivity index (χ1n) is 6.73.